The number of hydrogen-bond donors (Lipinski definition) is 0. The summed E-state index contributed by atoms with van der Waals surface area (Å²) in [5.74, 6) is 6.71. The van der Waals surface area contributed by atoms with Crippen LogP contribution in [-0.4, -0.2) is 19.6 Å². The van der Waals surface area contributed by atoms with Crippen molar-refractivity contribution < 1.29 is 9.53 Å². The Morgan fingerprint density at radius 2 is 1.96 bits per heavy atom. The molecule has 0 N–H and O–H groups in total. The van der Waals surface area contributed by atoms with Crippen LogP contribution in [0.15, 0.2) is 0 Å². The first kappa shape index (κ1) is 20.9. The zero-order valence-corrected chi connectivity index (χ0v) is 17.6. The second-order valence-corrected chi connectivity index (χ2v) is 14.0. The van der Waals surface area contributed by atoms with Gasteiger partial charge in [-0.1, -0.05) is 46.3 Å². The smallest absolute Gasteiger partial charge is 0.304 e. The molecule has 134 valence electrons. The van der Waals surface area contributed by atoms with Crippen LogP contribution in [0.1, 0.15) is 59.8 Å². The van der Waals surface area contributed by atoms with Crippen LogP contribution in [0.25, 0.3) is 0 Å². The molecule has 1 saturated carbocycles. The molecule has 2 nitrogen and oxygen atoms in total. The third-order valence-corrected chi connectivity index (χ3v) is 5.90. The van der Waals surface area contributed by atoms with Gasteiger partial charge >= 0.3 is 5.97 Å². The van der Waals surface area contributed by atoms with E-state index in [2.05, 4.69) is 57.8 Å². The Kier molecular flexibility index (Phi) is 6.77. The van der Waals surface area contributed by atoms with E-state index in [0.717, 1.165) is 32.1 Å². The highest BCUT2D eigenvalue weighted by Gasteiger charge is 2.46. The van der Waals surface area contributed by atoms with Gasteiger partial charge in [0.2, 0.25) is 0 Å². The van der Waals surface area contributed by atoms with Crippen LogP contribution in [0.4, 0.5) is 0 Å². The molecule has 1 fully saturated rings. The van der Waals surface area contributed by atoms with Crippen LogP contribution in [0.5, 0.6) is 0 Å². The summed E-state index contributed by atoms with van der Waals surface area (Å²) in [5, 5.41) is 0. The van der Waals surface area contributed by atoms with E-state index in [4.69, 9.17) is 11.2 Å². The van der Waals surface area contributed by atoms with E-state index >= 15 is 0 Å². The summed E-state index contributed by atoms with van der Waals surface area (Å²) in [6, 6.07) is 0. The summed E-state index contributed by atoms with van der Waals surface area (Å²) in [4.78, 5) is 11.6. The van der Waals surface area contributed by atoms with Gasteiger partial charge in [0.1, 0.15) is 8.07 Å². The molecule has 0 radical (unpaired) electrons. The summed E-state index contributed by atoms with van der Waals surface area (Å²) in [6.07, 6.45) is 10.4. The third-order valence-electron chi connectivity index (χ3n) is 4.97. The average Bonchev–Trinajstić information content (AvgIpc) is 2.42. The molecule has 0 spiro atoms. The highest BCUT2D eigenvalue weighted by atomic mass is 28.3. The number of carbonyl (C=O) groups is 1. The predicted molar refractivity (Wildman–Crippen MR) is 104 cm³/mol. The minimum absolute atomic E-state index is 0.195. The molecule has 0 amide bonds. The molecule has 0 aromatic heterocycles. The fourth-order valence-electron chi connectivity index (χ4n) is 3.57. The van der Waals surface area contributed by atoms with Gasteiger partial charge in [-0.25, -0.2) is 0 Å². The maximum atomic E-state index is 11.6. The lowest BCUT2D eigenvalue weighted by Crippen LogP contribution is -2.47. The van der Waals surface area contributed by atoms with Crippen molar-refractivity contribution in [2.24, 2.45) is 17.3 Å². The van der Waals surface area contributed by atoms with Gasteiger partial charge in [-0.2, -0.15) is 0 Å². The molecule has 0 aromatic rings. The molecule has 0 aliphatic heterocycles. The Bertz CT molecular complexity index is 548. The maximum absolute atomic E-state index is 11.6. The molecule has 0 bridgehead atoms. The lowest BCUT2D eigenvalue weighted by molar-refractivity contribution is -0.161. The van der Waals surface area contributed by atoms with Gasteiger partial charge < -0.3 is 4.74 Å². The second kappa shape index (κ2) is 7.79. The molecular weight excluding hydrogens is 312 g/mol. The highest BCUT2D eigenvalue weighted by molar-refractivity contribution is 6.83. The second-order valence-electron chi connectivity index (χ2n) is 9.25. The predicted octanol–water partition coefficient (Wildman–Crippen LogP) is 5.04. The van der Waals surface area contributed by atoms with E-state index in [1.165, 1.54) is 6.92 Å². The number of esters is 1. The van der Waals surface area contributed by atoms with E-state index in [9.17, 15) is 4.79 Å². The zero-order chi connectivity index (χ0) is 18.6. The Hall–Kier alpha value is -1.19. The number of ether oxygens (including phenoxy) is 1. The van der Waals surface area contributed by atoms with E-state index in [1.807, 2.05) is 0 Å². The third kappa shape index (κ3) is 6.03. The molecule has 3 heteroatoms. The van der Waals surface area contributed by atoms with Gasteiger partial charge in [0.15, 0.2) is 5.60 Å². The summed E-state index contributed by atoms with van der Waals surface area (Å²) >= 11 is 0. The Morgan fingerprint density at radius 3 is 2.42 bits per heavy atom. The van der Waals surface area contributed by atoms with E-state index < -0.39 is 13.7 Å². The fraction of sp³-hybridized carbons (Fsp3) is 0.762. The van der Waals surface area contributed by atoms with Gasteiger partial charge in [-0.15, -0.1) is 17.9 Å². The minimum atomic E-state index is -1.34. The zero-order valence-electron chi connectivity index (χ0n) is 16.6. The first-order valence-electron chi connectivity index (χ1n) is 9.07. The van der Waals surface area contributed by atoms with Gasteiger partial charge in [0.05, 0.1) is 0 Å². The van der Waals surface area contributed by atoms with E-state index in [1.54, 1.807) is 0 Å². The first-order valence-corrected chi connectivity index (χ1v) is 12.6. The Labute approximate surface area is 150 Å². The first-order chi connectivity index (χ1) is 10.9. The van der Waals surface area contributed by atoms with E-state index in [0.29, 0.717) is 5.92 Å². The Balaban J connectivity index is 2.95. The fourth-order valence-corrected chi connectivity index (χ4v) is 4.22. The van der Waals surface area contributed by atoms with Crippen LogP contribution in [0, 0.1) is 41.1 Å². The van der Waals surface area contributed by atoms with Crippen LogP contribution in [0.2, 0.25) is 19.6 Å². The molecule has 1 aliphatic rings. The topological polar surface area (TPSA) is 26.3 Å². The largest absolute Gasteiger partial charge is 0.446 e. The van der Waals surface area contributed by atoms with Crippen molar-refractivity contribution >= 4 is 14.0 Å². The van der Waals surface area contributed by atoms with Gasteiger partial charge in [0, 0.05) is 19.3 Å². The van der Waals surface area contributed by atoms with E-state index in [-0.39, 0.29) is 17.3 Å². The number of carbonyl (C=O) groups excluding carboxylic acids is 1. The van der Waals surface area contributed by atoms with Crippen molar-refractivity contribution in [3.05, 3.63) is 0 Å². The average molecular weight is 347 g/mol. The van der Waals surface area contributed by atoms with Crippen molar-refractivity contribution in [3.63, 3.8) is 0 Å². The number of terminal acetylenes is 1. The molecule has 0 unspecified atom stereocenters. The van der Waals surface area contributed by atoms with Gasteiger partial charge in [0.25, 0.3) is 0 Å². The quantitative estimate of drug-likeness (QED) is 0.406. The highest BCUT2D eigenvalue weighted by Crippen LogP contribution is 2.47. The molecule has 0 saturated heterocycles. The van der Waals surface area contributed by atoms with Crippen LogP contribution >= 0.6 is 0 Å². The van der Waals surface area contributed by atoms with Crippen molar-refractivity contribution in [2.75, 3.05) is 0 Å². The molecule has 24 heavy (non-hydrogen) atoms. The maximum Gasteiger partial charge on any atom is 0.304 e. The SMILES string of the molecule is C#C[C@]1(OC(C)=O)CC[C@H](C(C)(C)C)C[C@@H]1CCC#C[Si](C)(C)C. The summed E-state index contributed by atoms with van der Waals surface area (Å²) in [6.45, 7) is 15.1. The Morgan fingerprint density at radius 1 is 1.33 bits per heavy atom. The molecular formula is C21H34O2Si. The van der Waals surface area contributed by atoms with Crippen molar-refractivity contribution in [2.45, 2.75) is 85.0 Å². The van der Waals surface area contributed by atoms with Gasteiger partial charge in [-0.05, 0) is 37.0 Å². The summed E-state index contributed by atoms with van der Waals surface area (Å²) in [5.41, 5.74) is 2.93. The number of rotatable bonds is 3. The summed E-state index contributed by atoms with van der Waals surface area (Å²) in [7, 11) is -1.34. The summed E-state index contributed by atoms with van der Waals surface area (Å²) < 4.78 is 5.69. The molecule has 1 rings (SSSR count). The van der Waals surface area contributed by atoms with Crippen molar-refractivity contribution in [1.82, 2.24) is 0 Å². The minimum Gasteiger partial charge on any atom is -0.446 e. The molecule has 3 atom stereocenters. The monoisotopic (exact) mass is 346 g/mol. The molecule has 1 aliphatic carbocycles. The van der Waals surface area contributed by atoms with Crippen LogP contribution in [-0.2, 0) is 9.53 Å². The van der Waals surface area contributed by atoms with Crippen molar-refractivity contribution in [3.8, 4) is 23.8 Å². The van der Waals surface area contributed by atoms with Crippen LogP contribution < -0.4 is 0 Å². The number of hydrogen-bond acceptors (Lipinski definition) is 2. The lowest BCUT2D eigenvalue weighted by atomic mass is 9.63. The molecule has 0 heterocycles. The van der Waals surface area contributed by atoms with Crippen LogP contribution in [0.3, 0.4) is 0 Å². The normalized spacial score (nSPS) is 27.6. The lowest BCUT2D eigenvalue weighted by Gasteiger charge is -2.46. The standard InChI is InChI=1S/C21H34O2Si/c1-9-21(23-17(2)22)14-13-18(20(3,4)5)16-19(21)12-10-11-15-24(6,7)8/h1,18-19H,10,12-14,16H2,2-8H3/t18-,19-,21-/m0/s1. The molecule has 0 aromatic carbocycles. The van der Waals surface area contributed by atoms with Gasteiger partial charge in [-0.3, -0.25) is 4.79 Å². The van der Waals surface area contributed by atoms with Crippen molar-refractivity contribution in [1.29, 1.82) is 0 Å².